The molecule has 1 aliphatic carbocycles. The molecule has 1 aromatic heterocycles. The minimum absolute atomic E-state index is 0. The molecule has 26 heavy (non-hydrogen) atoms. The van der Waals surface area contributed by atoms with E-state index in [4.69, 9.17) is 11.6 Å². The van der Waals surface area contributed by atoms with Crippen molar-refractivity contribution in [2.24, 2.45) is 4.99 Å². The Morgan fingerprint density at radius 2 is 2.15 bits per heavy atom. The van der Waals surface area contributed by atoms with Crippen molar-refractivity contribution in [3.8, 4) is 0 Å². The molecular weight excluding hydrogens is 467 g/mol. The van der Waals surface area contributed by atoms with Gasteiger partial charge in [0.05, 0.1) is 5.02 Å². The fourth-order valence-electron chi connectivity index (χ4n) is 2.85. The Labute approximate surface area is 176 Å². The number of hydrogen-bond acceptors (Lipinski definition) is 4. The zero-order valence-corrected chi connectivity index (χ0v) is 18.0. The maximum absolute atomic E-state index is 11.8. The minimum Gasteiger partial charge on any atom is -0.357 e. The van der Waals surface area contributed by atoms with Gasteiger partial charge >= 0.3 is 0 Å². The van der Waals surface area contributed by atoms with E-state index >= 15 is 0 Å². The first kappa shape index (κ1) is 21.0. The molecule has 9 heteroatoms. The number of nitrogens with one attached hydrogen (secondary N) is 3. The van der Waals surface area contributed by atoms with Gasteiger partial charge in [-0.15, -0.1) is 24.0 Å². The lowest BCUT2D eigenvalue weighted by atomic mass is 10.3. The van der Waals surface area contributed by atoms with Gasteiger partial charge in [-0.25, -0.2) is 9.98 Å². The number of amides is 1. The van der Waals surface area contributed by atoms with Crippen molar-refractivity contribution >= 4 is 53.3 Å². The van der Waals surface area contributed by atoms with Crippen LogP contribution in [0, 0.1) is 0 Å². The van der Waals surface area contributed by atoms with Crippen LogP contribution in [-0.2, 0) is 4.79 Å². The number of aromatic nitrogens is 1. The molecule has 2 aliphatic rings. The second kappa shape index (κ2) is 10.1. The molecule has 1 saturated carbocycles. The van der Waals surface area contributed by atoms with Gasteiger partial charge in [-0.2, -0.15) is 0 Å². The lowest BCUT2D eigenvalue weighted by molar-refractivity contribution is -0.119. The molecule has 0 bridgehead atoms. The second-order valence-corrected chi connectivity index (χ2v) is 6.83. The third-order valence-electron chi connectivity index (χ3n) is 4.24. The number of rotatable bonds is 6. The smallest absolute Gasteiger partial charge is 0.242 e. The Kier molecular flexibility index (Phi) is 8.20. The van der Waals surface area contributed by atoms with Crippen molar-refractivity contribution in [1.29, 1.82) is 0 Å². The zero-order valence-electron chi connectivity index (χ0n) is 14.9. The molecular formula is C17H26ClIN6O. The molecule has 144 valence electrons. The summed E-state index contributed by atoms with van der Waals surface area (Å²) < 4.78 is 0. The molecule has 2 fully saturated rings. The van der Waals surface area contributed by atoms with Gasteiger partial charge in [0, 0.05) is 37.9 Å². The summed E-state index contributed by atoms with van der Waals surface area (Å²) in [5.74, 6) is 1.47. The predicted octanol–water partition coefficient (Wildman–Crippen LogP) is 1.77. The molecule has 1 unspecified atom stereocenters. The fraction of sp³-hybridized carbons (Fsp3) is 0.588. The van der Waals surface area contributed by atoms with E-state index in [1.165, 1.54) is 0 Å². The molecule has 1 saturated heterocycles. The fourth-order valence-corrected chi connectivity index (χ4v) is 3.09. The molecule has 0 spiro atoms. The second-order valence-electron chi connectivity index (χ2n) is 6.42. The van der Waals surface area contributed by atoms with Crippen LogP contribution < -0.4 is 20.9 Å². The molecule has 1 aliphatic heterocycles. The summed E-state index contributed by atoms with van der Waals surface area (Å²) in [5, 5.41) is 10.2. The topological polar surface area (TPSA) is 81.6 Å². The van der Waals surface area contributed by atoms with Crippen molar-refractivity contribution in [3.63, 3.8) is 0 Å². The number of nitrogens with zero attached hydrogens (tertiary/aromatic N) is 3. The Bertz CT molecular complexity index is 639. The molecule has 1 amide bonds. The molecule has 1 atom stereocenters. The minimum atomic E-state index is -0.0204. The van der Waals surface area contributed by atoms with Crippen LogP contribution in [0.4, 0.5) is 5.82 Å². The number of hydrogen-bond donors (Lipinski definition) is 3. The number of anilines is 1. The molecule has 7 nitrogen and oxygen atoms in total. The first-order valence-electron chi connectivity index (χ1n) is 8.85. The molecule has 3 N–H and O–H groups in total. The van der Waals surface area contributed by atoms with Gasteiger partial charge in [-0.3, -0.25) is 4.79 Å². The maximum atomic E-state index is 11.8. The zero-order chi connectivity index (χ0) is 17.6. The number of carbonyl (C=O) groups is 1. The number of carbonyl (C=O) groups excluding carboxylic acids is 1. The number of guanidine groups is 1. The predicted molar refractivity (Wildman–Crippen MR) is 116 cm³/mol. The number of aliphatic imine (C=N–C) groups is 1. The summed E-state index contributed by atoms with van der Waals surface area (Å²) in [6.07, 6.45) is 4.89. The Hall–Kier alpha value is -1.29. The SMILES string of the molecule is CCNC(=NCC(=O)NC1CC1)NC1CCN(c2ncccc2Cl)C1.I. The van der Waals surface area contributed by atoms with Crippen LogP contribution in [-0.4, -0.2) is 55.1 Å². The summed E-state index contributed by atoms with van der Waals surface area (Å²) in [7, 11) is 0. The van der Waals surface area contributed by atoms with Crippen molar-refractivity contribution < 1.29 is 4.79 Å². The molecule has 2 heterocycles. The van der Waals surface area contributed by atoms with E-state index in [2.05, 4.69) is 30.8 Å². The maximum Gasteiger partial charge on any atom is 0.242 e. The van der Waals surface area contributed by atoms with Crippen molar-refractivity contribution in [3.05, 3.63) is 23.4 Å². The van der Waals surface area contributed by atoms with Gasteiger partial charge in [0.15, 0.2) is 5.96 Å². The van der Waals surface area contributed by atoms with E-state index in [1.807, 2.05) is 19.1 Å². The Morgan fingerprint density at radius 3 is 2.85 bits per heavy atom. The van der Waals surface area contributed by atoms with Gasteiger partial charge in [0.25, 0.3) is 0 Å². The van der Waals surface area contributed by atoms with Crippen LogP contribution in [0.3, 0.4) is 0 Å². The third kappa shape index (κ3) is 6.15. The van der Waals surface area contributed by atoms with Gasteiger partial charge in [-0.1, -0.05) is 11.6 Å². The van der Waals surface area contributed by atoms with E-state index in [1.54, 1.807) is 6.20 Å². The summed E-state index contributed by atoms with van der Waals surface area (Å²) >= 11 is 6.23. The lowest BCUT2D eigenvalue weighted by Gasteiger charge is -2.20. The Morgan fingerprint density at radius 1 is 1.35 bits per heavy atom. The molecule has 0 aromatic carbocycles. The molecule has 3 rings (SSSR count). The van der Waals surface area contributed by atoms with E-state index in [0.29, 0.717) is 17.0 Å². The molecule has 1 aromatic rings. The molecule has 0 radical (unpaired) electrons. The van der Waals surface area contributed by atoms with Gasteiger partial charge in [0.2, 0.25) is 5.91 Å². The van der Waals surface area contributed by atoms with E-state index in [0.717, 1.165) is 44.7 Å². The first-order chi connectivity index (χ1) is 12.2. The van der Waals surface area contributed by atoms with E-state index in [-0.39, 0.29) is 42.5 Å². The van der Waals surface area contributed by atoms with E-state index in [9.17, 15) is 4.79 Å². The Balaban J connectivity index is 0.00000243. The van der Waals surface area contributed by atoms with Crippen molar-refractivity contribution in [2.75, 3.05) is 31.1 Å². The van der Waals surface area contributed by atoms with E-state index < -0.39 is 0 Å². The van der Waals surface area contributed by atoms with Crippen LogP contribution in [0.5, 0.6) is 0 Å². The standard InChI is InChI=1S/C17H25ClN6O.HI/c1-2-19-17(21-10-15(25)22-12-5-6-12)23-13-7-9-24(11-13)16-14(18)4-3-8-20-16;/h3-4,8,12-13H,2,5-7,9-11H2,1H3,(H,22,25)(H2,19,21,23);1H. The van der Waals surface area contributed by atoms with Gasteiger partial charge in [-0.05, 0) is 38.3 Å². The monoisotopic (exact) mass is 492 g/mol. The average molecular weight is 493 g/mol. The highest BCUT2D eigenvalue weighted by molar-refractivity contribution is 14.0. The first-order valence-corrected chi connectivity index (χ1v) is 9.23. The van der Waals surface area contributed by atoms with Crippen LogP contribution in [0.2, 0.25) is 5.02 Å². The lowest BCUT2D eigenvalue weighted by Crippen LogP contribution is -2.45. The summed E-state index contributed by atoms with van der Waals surface area (Å²) in [5.41, 5.74) is 0. The summed E-state index contributed by atoms with van der Waals surface area (Å²) in [6, 6.07) is 4.29. The highest BCUT2D eigenvalue weighted by atomic mass is 127. The van der Waals surface area contributed by atoms with Crippen molar-refractivity contribution in [2.45, 2.75) is 38.3 Å². The van der Waals surface area contributed by atoms with Crippen LogP contribution in [0.15, 0.2) is 23.3 Å². The summed E-state index contributed by atoms with van der Waals surface area (Å²) in [6.45, 7) is 4.59. The third-order valence-corrected chi connectivity index (χ3v) is 4.53. The average Bonchev–Trinajstić information content (AvgIpc) is 3.29. The van der Waals surface area contributed by atoms with Crippen molar-refractivity contribution in [1.82, 2.24) is 20.9 Å². The number of pyridine rings is 1. The van der Waals surface area contributed by atoms with Crippen LogP contribution >= 0.6 is 35.6 Å². The number of halogens is 2. The largest absolute Gasteiger partial charge is 0.357 e. The van der Waals surface area contributed by atoms with Crippen LogP contribution in [0.1, 0.15) is 26.2 Å². The highest BCUT2D eigenvalue weighted by Gasteiger charge is 2.26. The quantitative estimate of drug-likeness (QED) is 0.320. The summed E-state index contributed by atoms with van der Waals surface area (Å²) in [4.78, 5) is 22.7. The van der Waals surface area contributed by atoms with Crippen LogP contribution in [0.25, 0.3) is 0 Å². The van der Waals surface area contributed by atoms with Gasteiger partial charge in [0.1, 0.15) is 12.4 Å². The highest BCUT2D eigenvalue weighted by Crippen LogP contribution is 2.25. The van der Waals surface area contributed by atoms with Gasteiger partial charge < -0.3 is 20.9 Å². The normalized spacial score (nSPS) is 19.7.